The summed E-state index contributed by atoms with van der Waals surface area (Å²) in [5, 5.41) is 5.79. The van der Waals surface area contributed by atoms with Crippen LogP contribution in [-0.4, -0.2) is 19.3 Å². The summed E-state index contributed by atoms with van der Waals surface area (Å²) in [7, 11) is 0. The monoisotopic (exact) mass is 267 g/mol. The molecule has 0 saturated heterocycles. The highest BCUT2D eigenvalue weighted by molar-refractivity contribution is 7.10. The third kappa shape index (κ3) is 4.08. The molecule has 1 atom stereocenters. The highest BCUT2D eigenvalue weighted by atomic mass is 32.1. The van der Waals surface area contributed by atoms with Crippen LogP contribution < -0.4 is 5.32 Å². The van der Waals surface area contributed by atoms with E-state index in [0.29, 0.717) is 18.1 Å². The van der Waals surface area contributed by atoms with E-state index in [2.05, 4.69) is 36.7 Å². The van der Waals surface area contributed by atoms with E-state index >= 15 is 0 Å². The number of hydrogen-bond acceptors (Lipinski definition) is 3. The summed E-state index contributed by atoms with van der Waals surface area (Å²) in [6.45, 7) is 6.35. The average Bonchev–Trinajstić information content (AvgIpc) is 3.00. The molecule has 1 aromatic heterocycles. The minimum Gasteiger partial charge on any atom is -0.377 e. The van der Waals surface area contributed by atoms with Crippen molar-refractivity contribution in [2.45, 2.75) is 51.7 Å². The summed E-state index contributed by atoms with van der Waals surface area (Å²) in [6.07, 6.45) is 5.76. The molecule has 18 heavy (non-hydrogen) atoms. The Morgan fingerprint density at radius 3 is 2.78 bits per heavy atom. The van der Waals surface area contributed by atoms with Gasteiger partial charge in [-0.3, -0.25) is 0 Å². The fraction of sp³-hybridized carbons (Fsp3) is 0.733. The van der Waals surface area contributed by atoms with Crippen molar-refractivity contribution in [2.75, 3.05) is 13.2 Å². The predicted octanol–water partition coefficient (Wildman–Crippen LogP) is 3.99. The molecule has 2 rings (SSSR count). The Balaban J connectivity index is 1.69. The third-order valence-corrected chi connectivity index (χ3v) is 4.59. The fourth-order valence-corrected chi connectivity index (χ4v) is 3.60. The molecule has 1 fully saturated rings. The second-order valence-electron chi connectivity index (χ2n) is 5.47. The van der Waals surface area contributed by atoms with Gasteiger partial charge in [-0.2, -0.15) is 0 Å². The molecule has 0 amide bonds. The molecule has 2 nitrogen and oxygen atoms in total. The van der Waals surface area contributed by atoms with Gasteiger partial charge in [0.2, 0.25) is 0 Å². The van der Waals surface area contributed by atoms with Gasteiger partial charge in [0.25, 0.3) is 0 Å². The molecule has 1 aromatic rings. The zero-order valence-electron chi connectivity index (χ0n) is 11.5. The Kier molecular flexibility index (Phi) is 5.67. The largest absolute Gasteiger partial charge is 0.377 e. The Morgan fingerprint density at radius 2 is 2.17 bits per heavy atom. The standard InChI is InChI=1S/C15H25NOS/c1-12(2)15(14-8-5-11-18-14)16-9-10-17-13-6-3-4-7-13/h5,8,11-13,15-16H,3-4,6-7,9-10H2,1-2H3. The maximum Gasteiger partial charge on any atom is 0.0594 e. The van der Waals surface area contributed by atoms with Gasteiger partial charge in [0.1, 0.15) is 0 Å². The molecule has 0 aromatic carbocycles. The van der Waals surface area contributed by atoms with Gasteiger partial charge in [0.15, 0.2) is 0 Å². The quantitative estimate of drug-likeness (QED) is 0.754. The lowest BCUT2D eigenvalue weighted by molar-refractivity contribution is 0.0584. The molecule has 1 N–H and O–H groups in total. The van der Waals surface area contributed by atoms with E-state index < -0.39 is 0 Å². The van der Waals surface area contributed by atoms with E-state index in [4.69, 9.17) is 4.74 Å². The number of ether oxygens (including phenoxy) is 1. The number of hydrogen-bond donors (Lipinski definition) is 1. The normalized spacial score (nSPS) is 18.6. The molecule has 1 heterocycles. The van der Waals surface area contributed by atoms with Crippen molar-refractivity contribution < 1.29 is 4.74 Å². The zero-order valence-corrected chi connectivity index (χ0v) is 12.3. The summed E-state index contributed by atoms with van der Waals surface area (Å²) in [5.41, 5.74) is 0. The van der Waals surface area contributed by atoms with Gasteiger partial charge in [-0.1, -0.05) is 32.8 Å². The van der Waals surface area contributed by atoms with Gasteiger partial charge >= 0.3 is 0 Å². The molecule has 0 aliphatic heterocycles. The predicted molar refractivity (Wildman–Crippen MR) is 78.1 cm³/mol. The minimum atomic E-state index is 0.470. The van der Waals surface area contributed by atoms with Crippen LogP contribution >= 0.6 is 11.3 Å². The first-order valence-electron chi connectivity index (χ1n) is 7.15. The topological polar surface area (TPSA) is 21.3 Å². The van der Waals surface area contributed by atoms with Crippen molar-refractivity contribution in [3.8, 4) is 0 Å². The first-order chi connectivity index (χ1) is 8.77. The maximum absolute atomic E-state index is 5.89. The van der Waals surface area contributed by atoms with Crippen molar-refractivity contribution in [1.82, 2.24) is 5.32 Å². The second-order valence-corrected chi connectivity index (χ2v) is 6.45. The van der Waals surface area contributed by atoms with Crippen LogP contribution in [0.2, 0.25) is 0 Å². The van der Waals surface area contributed by atoms with E-state index in [1.807, 2.05) is 11.3 Å². The summed E-state index contributed by atoms with van der Waals surface area (Å²) in [6, 6.07) is 4.82. The molecule has 102 valence electrons. The lowest BCUT2D eigenvalue weighted by atomic mass is 10.0. The Bertz CT molecular complexity index is 317. The summed E-state index contributed by atoms with van der Waals surface area (Å²) in [5.74, 6) is 0.620. The van der Waals surface area contributed by atoms with E-state index in [9.17, 15) is 0 Å². The van der Waals surface area contributed by atoms with E-state index in [1.54, 1.807) is 0 Å². The van der Waals surface area contributed by atoms with Gasteiger partial charge in [-0.15, -0.1) is 11.3 Å². The SMILES string of the molecule is CC(C)C(NCCOC1CCCC1)c1cccs1. The molecule has 3 heteroatoms. The third-order valence-electron chi connectivity index (χ3n) is 3.64. The Hall–Kier alpha value is -0.380. The average molecular weight is 267 g/mol. The first-order valence-corrected chi connectivity index (χ1v) is 8.03. The summed E-state index contributed by atoms with van der Waals surface area (Å²) in [4.78, 5) is 1.44. The Morgan fingerprint density at radius 1 is 1.39 bits per heavy atom. The fourth-order valence-electron chi connectivity index (χ4n) is 2.63. The van der Waals surface area contributed by atoms with Crippen molar-refractivity contribution in [1.29, 1.82) is 0 Å². The van der Waals surface area contributed by atoms with Crippen LogP contribution in [0.25, 0.3) is 0 Å². The van der Waals surface area contributed by atoms with E-state index in [0.717, 1.165) is 13.2 Å². The highest BCUT2D eigenvalue weighted by Gasteiger charge is 2.17. The van der Waals surface area contributed by atoms with Gasteiger partial charge in [0.05, 0.1) is 12.7 Å². The van der Waals surface area contributed by atoms with Crippen LogP contribution in [-0.2, 0) is 4.74 Å². The molecule has 1 aliphatic carbocycles. The molecular formula is C15H25NOS. The van der Waals surface area contributed by atoms with Crippen LogP contribution in [0.5, 0.6) is 0 Å². The highest BCUT2D eigenvalue weighted by Crippen LogP contribution is 2.25. The van der Waals surface area contributed by atoms with Gasteiger partial charge in [-0.25, -0.2) is 0 Å². The van der Waals surface area contributed by atoms with Crippen molar-refractivity contribution >= 4 is 11.3 Å². The van der Waals surface area contributed by atoms with Gasteiger partial charge < -0.3 is 10.1 Å². The van der Waals surface area contributed by atoms with Gasteiger partial charge in [0, 0.05) is 17.5 Å². The maximum atomic E-state index is 5.89. The van der Waals surface area contributed by atoms with Gasteiger partial charge in [-0.05, 0) is 30.2 Å². The smallest absolute Gasteiger partial charge is 0.0594 e. The molecular weight excluding hydrogens is 242 g/mol. The van der Waals surface area contributed by atoms with Crippen LogP contribution in [0, 0.1) is 5.92 Å². The van der Waals surface area contributed by atoms with Crippen molar-refractivity contribution in [3.63, 3.8) is 0 Å². The number of rotatable bonds is 7. The molecule has 0 bridgehead atoms. The number of thiophene rings is 1. The minimum absolute atomic E-state index is 0.470. The van der Waals surface area contributed by atoms with E-state index in [-0.39, 0.29) is 0 Å². The molecule has 1 aliphatic rings. The van der Waals surface area contributed by atoms with Crippen molar-refractivity contribution in [2.24, 2.45) is 5.92 Å². The molecule has 0 radical (unpaired) electrons. The lowest BCUT2D eigenvalue weighted by Crippen LogP contribution is -2.29. The molecule has 1 saturated carbocycles. The van der Waals surface area contributed by atoms with Crippen LogP contribution in [0.4, 0.5) is 0 Å². The summed E-state index contributed by atoms with van der Waals surface area (Å²) >= 11 is 1.84. The van der Waals surface area contributed by atoms with E-state index in [1.165, 1.54) is 30.6 Å². The zero-order chi connectivity index (χ0) is 12.8. The molecule has 0 spiro atoms. The van der Waals surface area contributed by atoms with Crippen LogP contribution in [0.3, 0.4) is 0 Å². The summed E-state index contributed by atoms with van der Waals surface area (Å²) < 4.78 is 5.89. The van der Waals surface area contributed by atoms with Crippen molar-refractivity contribution in [3.05, 3.63) is 22.4 Å². The van der Waals surface area contributed by atoms with Crippen LogP contribution in [0.15, 0.2) is 17.5 Å². The first kappa shape index (κ1) is 14.0. The van der Waals surface area contributed by atoms with Crippen LogP contribution in [0.1, 0.15) is 50.4 Å². The number of nitrogens with one attached hydrogen (secondary N) is 1. The second kappa shape index (κ2) is 7.27. The lowest BCUT2D eigenvalue weighted by Gasteiger charge is -2.22. The molecule has 1 unspecified atom stereocenters. The Labute approximate surface area is 115 Å².